The lowest BCUT2D eigenvalue weighted by Crippen LogP contribution is -2.30. The highest BCUT2D eigenvalue weighted by molar-refractivity contribution is 5.71. The molecule has 0 N–H and O–H groups in total. The maximum atomic E-state index is 12.9. The summed E-state index contributed by atoms with van der Waals surface area (Å²) in [6.45, 7) is 6.68. The maximum Gasteiger partial charge on any atom is 0.306 e. The first-order valence-corrected chi connectivity index (χ1v) is 34.0. The summed E-state index contributed by atoms with van der Waals surface area (Å²) < 4.78 is 17.0. The van der Waals surface area contributed by atoms with Crippen molar-refractivity contribution >= 4 is 17.9 Å². The third-order valence-corrected chi connectivity index (χ3v) is 15.4. The Morgan fingerprint density at radius 2 is 0.474 bits per heavy atom. The van der Waals surface area contributed by atoms with E-state index in [1.54, 1.807) is 0 Å². The molecule has 0 bridgehead atoms. The van der Waals surface area contributed by atoms with Crippen LogP contribution in [0.5, 0.6) is 0 Å². The number of hydrogen-bond acceptors (Lipinski definition) is 6. The number of hydrogen-bond donors (Lipinski definition) is 0. The number of allylic oxidation sites excluding steroid dienone is 6. The highest BCUT2D eigenvalue weighted by Crippen LogP contribution is 2.18. The second kappa shape index (κ2) is 65.2. The zero-order valence-electron chi connectivity index (χ0n) is 51.3. The molecule has 0 aliphatic rings. The number of esters is 3. The Labute approximate surface area is 474 Å². The van der Waals surface area contributed by atoms with Gasteiger partial charge in [0.15, 0.2) is 6.10 Å². The van der Waals surface area contributed by atoms with Gasteiger partial charge in [0.05, 0.1) is 0 Å². The molecule has 6 nitrogen and oxygen atoms in total. The summed E-state index contributed by atoms with van der Waals surface area (Å²) >= 11 is 0. The van der Waals surface area contributed by atoms with Crippen LogP contribution >= 0.6 is 0 Å². The van der Waals surface area contributed by atoms with Crippen molar-refractivity contribution in [3.63, 3.8) is 0 Å². The fourth-order valence-electron chi connectivity index (χ4n) is 10.2. The van der Waals surface area contributed by atoms with Crippen molar-refractivity contribution in [2.24, 2.45) is 0 Å². The van der Waals surface area contributed by atoms with Gasteiger partial charge in [-0.1, -0.05) is 314 Å². The zero-order valence-corrected chi connectivity index (χ0v) is 51.3. The summed E-state index contributed by atoms with van der Waals surface area (Å²) in [7, 11) is 0. The van der Waals surface area contributed by atoms with Gasteiger partial charge in [-0.2, -0.15) is 0 Å². The molecule has 0 heterocycles. The smallest absolute Gasteiger partial charge is 0.306 e. The largest absolute Gasteiger partial charge is 0.462 e. The van der Waals surface area contributed by atoms with Crippen molar-refractivity contribution in [1.82, 2.24) is 0 Å². The molecule has 0 aromatic heterocycles. The standard InChI is InChI=1S/C70H130O6/c1-4-7-10-13-16-19-22-25-28-31-33-34-35-36-38-39-42-45-48-51-54-57-60-63-69(72)75-66-67(65-74-68(71)62-59-56-53-50-47-44-41-30-27-24-21-18-15-12-9-6-3)76-70(73)64-61-58-55-52-49-46-43-40-37-32-29-26-23-20-17-14-11-8-5-2/h21,24,30-31,33,41,67H,4-20,22-23,25-29,32,34-40,42-66H2,1-3H3/b24-21-,33-31-,41-30-. The minimum Gasteiger partial charge on any atom is -0.462 e. The molecule has 0 saturated heterocycles. The molecule has 1 atom stereocenters. The van der Waals surface area contributed by atoms with Gasteiger partial charge in [-0.05, 0) is 77.0 Å². The molecule has 6 heteroatoms. The van der Waals surface area contributed by atoms with Gasteiger partial charge in [-0.15, -0.1) is 0 Å². The van der Waals surface area contributed by atoms with Crippen LogP contribution in [0.1, 0.15) is 374 Å². The second-order valence-corrected chi connectivity index (χ2v) is 23.1. The predicted molar refractivity (Wildman–Crippen MR) is 330 cm³/mol. The first-order valence-electron chi connectivity index (χ1n) is 34.0. The van der Waals surface area contributed by atoms with Crippen LogP contribution in [-0.4, -0.2) is 37.2 Å². The fourth-order valence-corrected chi connectivity index (χ4v) is 10.2. The molecule has 0 amide bonds. The van der Waals surface area contributed by atoms with E-state index in [2.05, 4.69) is 57.2 Å². The Kier molecular flexibility index (Phi) is 63.1. The molecule has 0 aromatic carbocycles. The molecule has 1 unspecified atom stereocenters. The van der Waals surface area contributed by atoms with E-state index in [0.29, 0.717) is 19.3 Å². The van der Waals surface area contributed by atoms with Gasteiger partial charge in [0.1, 0.15) is 13.2 Å². The second-order valence-electron chi connectivity index (χ2n) is 23.1. The Hall–Kier alpha value is -2.37. The van der Waals surface area contributed by atoms with Crippen LogP contribution < -0.4 is 0 Å². The minimum atomic E-state index is -0.777. The summed E-state index contributed by atoms with van der Waals surface area (Å²) in [5.41, 5.74) is 0. The summed E-state index contributed by atoms with van der Waals surface area (Å²) in [5.74, 6) is -0.860. The SMILES string of the molecule is CCCCCC/C=C\C/C=C\CCCCCCCC(=O)OCC(COC(=O)CCCCCCCCCCCCC/C=C\CCCCCCCCCC)OC(=O)CCCCCCCCCCCCCCCCCCCCC. The Balaban J connectivity index is 4.31. The minimum absolute atomic E-state index is 0.0725. The van der Waals surface area contributed by atoms with E-state index in [4.69, 9.17) is 14.2 Å². The van der Waals surface area contributed by atoms with Gasteiger partial charge in [0.25, 0.3) is 0 Å². The van der Waals surface area contributed by atoms with Crippen LogP contribution in [0.3, 0.4) is 0 Å². The van der Waals surface area contributed by atoms with Crippen molar-refractivity contribution in [2.45, 2.75) is 380 Å². The van der Waals surface area contributed by atoms with Gasteiger partial charge in [0.2, 0.25) is 0 Å². The highest BCUT2D eigenvalue weighted by Gasteiger charge is 2.19. The summed E-state index contributed by atoms with van der Waals surface area (Å²) in [5, 5.41) is 0. The molecule has 0 aliphatic carbocycles. The van der Waals surface area contributed by atoms with Crippen LogP contribution in [-0.2, 0) is 28.6 Å². The van der Waals surface area contributed by atoms with Crippen LogP contribution in [0.25, 0.3) is 0 Å². The Morgan fingerprint density at radius 1 is 0.263 bits per heavy atom. The number of carbonyl (C=O) groups excluding carboxylic acids is 3. The van der Waals surface area contributed by atoms with Crippen molar-refractivity contribution in [3.05, 3.63) is 36.5 Å². The summed E-state index contributed by atoms with van der Waals surface area (Å²) in [6, 6.07) is 0. The van der Waals surface area contributed by atoms with E-state index in [9.17, 15) is 14.4 Å². The van der Waals surface area contributed by atoms with Crippen LogP contribution in [0.15, 0.2) is 36.5 Å². The van der Waals surface area contributed by atoms with Crippen LogP contribution in [0.4, 0.5) is 0 Å². The molecular formula is C70H130O6. The van der Waals surface area contributed by atoms with Crippen molar-refractivity contribution < 1.29 is 28.6 Å². The molecule has 76 heavy (non-hydrogen) atoms. The van der Waals surface area contributed by atoms with E-state index < -0.39 is 6.10 Å². The lowest BCUT2D eigenvalue weighted by molar-refractivity contribution is -0.167. The van der Waals surface area contributed by atoms with Crippen LogP contribution in [0.2, 0.25) is 0 Å². The number of carbonyl (C=O) groups is 3. The van der Waals surface area contributed by atoms with Gasteiger partial charge in [-0.25, -0.2) is 0 Å². The number of rotatable bonds is 63. The molecule has 0 aromatic rings. The maximum absolute atomic E-state index is 12.9. The van der Waals surface area contributed by atoms with Crippen molar-refractivity contribution in [2.75, 3.05) is 13.2 Å². The third kappa shape index (κ3) is 62.5. The van der Waals surface area contributed by atoms with Gasteiger partial charge in [0, 0.05) is 19.3 Å². The summed E-state index contributed by atoms with van der Waals surface area (Å²) in [4.78, 5) is 38.4. The van der Waals surface area contributed by atoms with E-state index >= 15 is 0 Å². The lowest BCUT2D eigenvalue weighted by Gasteiger charge is -2.18. The lowest BCUT2D eigenvalue weighted by atomic mass is 10.0. The number of unbranched alkanes of at least 4 members (excludes halogenated alkanes) is 46. The Bertz CT molecular complexity index is 1270. The average molecular weight is 1070 g/mol. The molecule has 0 aliphatic heterocycles. The van der Waals surface area contributed by atoms with Crippen LogP contribution in [0, 0.1) is 0 Å². The third-order valence-electron chi connectivity index (χ3n) is 15.4. The fraction of sp³-hybridized carbons (Fsp3) is 0.871. The Morgan fingerprint density at radius 3 is 0.750 bits per heavy atom. The normalized spacial score (nSPS) is 12.2. The molecule has 0 rings (SSSR count). The average Bonchev–Trinajstić information content (AvgIpc) is 3.42. The molecule has 0 saturated carbocycles. The molecule has 0 radical (unpaired) electrons. The molecule has 446 valence electrons. The van der Waals surface area contributed by atoms with Crippen molar-refractivity contribution in [1.29, 1.82) is 0 Å². The van der Waals surface area contributed by atoms with E-state index in [0.717, 1.165) is 77.0 Å². The molecule has 0 fully saturated rings. The van der Waals surface area contributed by atoms with E-state index in [1.165, 1.54) is 257 Å². The number of ether oxygens (including phenoxy) is 3. The molecule has 0 spiro atoms. The van der Waals surface area contributed by atoms with Gasteiger partial charge >= 0.3 is 17.9 Å². The van der Waals surface area contributed by atoms with Gasteiger partial charge in [-0.3, -0.25) is 14.4 Å². The highest BCUT2D eigenvalue weighted by atomic mass is 16.6. The quantitative estimate of drug-likeness (QED) is 0.0261. The van der Waals surface area contributed by atoms with Gasteiger partial charge < -0.3 is 14.2 Å². The molecular weight excluding hydrogens is 937 g/mol. The predicted octanol–water partition coefficient (Wildman–Crippen LogP) is 23.2. The topological polar surface area (TPSA) is 78.9 Å². The van der Waals surface area contributed by atoms with E-state index in [-0.39, 0.29) is 31.1 Å². The van der Waals surface area contributed by atoms with Crippen molar-refractivity contribution in [3.8, 4) is 0 Å². The monoisotopic (exact) mass is 1070 g/mol. The first kappa shape index (κ1) is 73.6. The summed E-state index contributed by atoms with van der Waals surface area (Å²) in [6.07, 6.45) is 80.1. The zero-order chi connectivity index (χ0) is 55.0. The first-order chi connectivity index (χ1) is 37.5. The van der Waals surface area contributed by atoms with E-state index in [1.807, 2.05) is 0 Å².